The molecule has 0 saturated carbocycles. The molecule has 0 aromatic heterocycles. The number of anilines is 3. The van der Waals surface area contributed by atoms with E-state index in [-0.39, 0.29) is 28.6 Å². The molecule has 0 saturated heterocycles. The van der Waals surface area contributed by atoms with E-state index in [2.05, 4.69) is 10.0 Å². The Morgan fingerprint density at radius 1 is 1.06 bits per heavy atom. The van der Waals surface area contributed by atoms with E-state index < -0.39 is 38.0 Å². The molecule has 0 unspecified atom stereocenters. The van der Waals surface area contributed by atoms with Gasteiger partial charge in [0, 0.05) is 21.3 Å². The van der Waals surface area contributed by atoms with E-state index in [9.17, 15) is 27.3 Å². The highest BCUT2D eigenvalue weighted by molar-refractivity contribution is 14.1. The summed E-state index contributed by atoms with van der Waals surface area (Å²) in [6.07, 6.45) is 0. The molecular formula is C21H18F2IN3O5S. The van der Waals surface area contributed by atoms with Gasteiger partial charge >= 0.3 is 5.69 Å². The second-order valence-corrected chi connectivity index (χ2v) is 10.1. The zero-order valence-electron chi connectivity index (χ0n) is 17.4. The fourth-order valence-electron chi connectivity index (χ4n) is 2.87. The molecule has 8 nitrogen and oxygen atoms in total. The minimum atomic E-state index is -3.58. The highest BCUT2D eigenvalue weighted by Gasteiger charge is 2.25. The van der Waals surface area contributed by atoms with Crippen molar-refractivity contribution in [3.63, 3.8) is 0 Å². The van der Waals surface area contributed by atoms with Crippen LogP contribution in [0.2, 0.25) is 0 Å². The van der Waals surface area contributed by atoms with Crippen molar-refractivity contribution in [3.05, 3.63) is 79.4 Å². The predicted octanol–water partition coefficient (Wildman–Crippen LogP) is 6.08. The predicted molar refractivity (Wildman–Crippen MR) is 130 cm³/mol. The van der Waals surface area contributed by atoms with E-state index >= 15 is 0 Å². The Balaban J connectivity index is 2.05. The Morgan fingerprint density at radius 3 is 2.42 bits per heavy atom. The summed E-state index contributed by atoms with van der Waals surface area (Å²) >= 11 is 1.91. The number of ether oxygens (including phenoxy) is 1. The van der Waals surface area contributed by atoms with Crippen LogP contribution in [0.15, 0.2) is 48.5 Å². The van der Waals surface area contributed by atoms with E-state index in [1.54, 1.807) is 13.0 Å². The van der Waals surface area contributed by atoms with Gasteiger partial charge in [0.2, 0.25) is 15.8 Å². The van der Waals surface area contributed by atoms with Crippen LogP contribution in [0.3, 0.4) is 0 Å². The first-order valence-electron chi connectivity index (χ1n) is 9.48. The molecule has 0 atom stereocenters. The highest BCUT2D eigenvalue weighted by atomic mass is 127. The third kappa shape index (κ3) is 5.87. The lowest BCUT2D eigenvalue weighted by atomic mass is 10.2. The highest BCUT2D eigenvalue weighted by Crippen LogP contribution is 2.41. The Hall–Kier alpha value is -3.00. The number of rotatable bonds is 8. The van der Waals surface area contributed by atoms with Crippen molar-refractivity contribution in [3.8, 4) is 11.5 Å². The smallest absolute Gasteiger partial charge is 0.334 e. The standard InChI is InChI=1S/C21H18F2IN3O5S/c1-3-33(30,31)26-16-5-4-6-19(12(16)2)32-20-10-13(22)9-18(21(20)27(28)29)25-17-8-7-14(24)11-15(17)23/h4-11,25-26H,3H2,1-2H3. The number of hydrogen-bond acceptors (Lipinski definition) is 6. The average Bonchev–Trinajstić information content (AvgIpc) is 2.72. The molecule has 3 aromatic carbocycles. The Labute approximate surface area is 202 Å². The molecule has 0 spiro atoms. The van der Waals surface area contributed by atoms with Crippen LogP contribution in [0.25, 0.3) is 0 Å². The van der Waals surface area contributed by atoms with Crippen LogP contribution in [0.5, 0.6) is 11.5 Å². The molecule has 0 aliphatic carbocycles. The third-order valence-electron chi connectivity index (χ3n) is 4.57. The number of hydrogen-bond donors (Lipinski definition) is 2. The van der Waals surface area contributed by atoms with Crippen molar-refractivity contribution in [1.82, 2.24) is 0 Å². The molecule has 0 radical (unpaired) electrons. The second kappa shape index (κ2) is 9.87. The molecule has 0 aliphatic rings. The number of benzene rings is 3. The zero-order chi connectivity index (χ0) is 24.3. The number of nitrogens with one attached hydrogen (secondary N) is 2. The number of halogens is 3. The van der Waals surface area contributed by atoms with Crippen molar-refractivity contribution in [2.24, 2.45) is 0 Å². The van der Waals surface area contributed by atoms with Gasteiger partial charge in [-0.25, -0.2) is 17.2 Å². The Kier molecular flexibility index (Phi) is 7.37. The van der Waals surface area contributed by atoms with Crippen molar-refractivity contribution in [1.29, 1.82) is 0 Å². The van der Waals surface area contributed by atoms with Crippen molar-refractivity contribution < 1.29 is 26.9 Å². The first kappa shape index (κ1) is 24.6. The molecule has 3 rings (SSSR count). The monoisotopic (exact) mass is 589 g/mol. The van der Waals surface area contributed by atoms with E-state index in [0.717, 1.165) is 12.1 Å². The lowest BCUT2D eigenvalue weighted by Crippen LogP contribution is -2.15. The summed E-state index contributed by atoms with van der Waals surface area (Å²) in [5, 5.41) is 14.4. The van der Waals surface area contributed by atoms with Gasteiger partial charge in [-0.15, -0.1) is 0 Å². The summed E-state index contributed by atoms with van der Waals surface area (Å²) in [6, 6.07) is 10.3. The minimum Gasteiger partial charge on any atom is -0.450 e. The average molecular weight is 589 g/mol. The molecule has 0 heterocycles. The van der Waals surface area contributed by atoms with Crippen LogP contribution in [-0.2, 0) is 10.0 Å². The summed E-state index contributed by atoms with van der Waals surface area (Å²) in [4.78, 5) is 11.1. The van der Waals surface area contributed by atoms with E-state index in [1.165, 1.54) is 37.3 Å². The topological polar surface area (TPSA) is 111 Å². The molecule has 0 amide bonds. The van der Waals surface area contributed by atoms with Crippen molar-refractivity contribution in [2.45, 2.75) is 13.8 Å². The fourth-order valence-corrected chi connectivity index (χ4v) is 4.02. The van der Waals surface area contributed by atoms with Gasteiger partial charge in [0.15, 0.2) is 0 Å². The summed E-state index contributed by atoms with van der Waals surface area (Å²) < 4.78 is 61.1. The maximum atomic E-state index is 14.4. The molecule has 3 aromatic rings. The maximum Gasteiger partial charge on any atom is 0.334 e. The van der Waals surface area contributed by atoms with Gasteiger partial charge in [0.25, 0.3) is 0 Å². The van der Waals surface area contributed by atoms with Crippen LogP contribution in [0.1, 0.15) is 12.5 Å². The summed E-state index contributed by atoms with van der Waals surface area (Å²) in [6.45, 7) is 3.02. The third-order valence-corrected chi connectivity index (χ3v) is 6.53. The maximum absolute atomic E-state index is 14.4. The van der Waals surface area contributed by atoms with Crippen molar-refractivity contribution in [2.75, 3.05) is 15.8 Å². The molecule has 2 N–H and O–H groups in total. The van der Waals surface area contributed by atoms with Gasteiger partial charge in [-0.2, -0.15) is 0 Å². The molecule has 12 heteroatoms. The van der Waals surface area contributed by atoms with Gasteiger partial charge in [-0.3, -0.25) is 14.8 Å². The summed E-state index contributed by atoms with van der Waals surface area (Å²) in [5.74, 6) is -2.05. The van der Waals surface area contributed by atoms with Gasteiger partial charge in [-0.1, -0.05) is 6.07 Å². The summed E-state index contributed by atoms with van der Waals surface area (Å²) in [7, 11) is -3.58. The van der Waals surface area contributed by atoms with Gasteiger partial charge < -0.3 is 10.1 Å². The zero-order valence-corrected chi connectivity index (χ0v) is 20.3. The molecular weight excluding hydrogens is 571 g/mol. The van der Waals surface area contributed by atoms with Gasteiger partial charge in [-0.05, 0) is 66.8 Å². The molecule has 0 aliphatic heterocycles. The molecule has 174 valence electrons. The number of sulfonamides is 1. The molecule has 33 heavy (non-hydrogen) atoms. The first-order valence-corrected chi connectivity index (χ1v) is 12.2. The fraction of sp³-hybridized carbons (Fsp3) is 0.143. The minimum absolute atomic E-state index is 0.0754. The molecule has 0 fully saturated rings. The van der Waals surface area contributed by atoms with Crippen LogP contribution >= 0.6 is 22.6 Å². The Bertz CT molecular complexity index is 1340. The van der Waals surface area contributed by atoms with Crippen LogP contribution < -0.4 is 14.8 Å². The quantitative estimate of drug-likeness (QED) is 0.187. The second-order valence-electron chi connectivity index (χ2n) is 6.84. The molecule has 0 bridgehead atoms. The van der Waals surface area contributed by atoms with Gasteiger partial charge in [0.05, 0.1) is 22.1 Å². The lowest BCUT2D eigenvalue weighted by molar-refractivity contribution is -0.384. The first-order chi connectivity index (χ1) is 15.5. The summed E-state index contributed by atoms with van der Waals surface area (Å²) in [5.41, 5.74) is -0.454. The number of nitro groups is 1. The normalized spacial score (nSPS) is 11.2. The number of nitrogens with zero attached hydrogens (tertiary/aromatic N) is 1. The van der Waals surface area contributed by atoms with E-state index in [1.807, 2.05) is 22.6 Å². The SMILES string of the molecule is CCS(=O)(=O)Nc1cccc(Oc2cc(F)cc(Nc3ccc(I)cc3F)c2[N+](=O)[O-])c1C. The van der Waals surface area contributed by atoms with E-state index in [4.69, 9.17) is 4.74 Å². The number of nitro benzene ring substituents is 1. The lowest BCUT2D eigenvalue weighted by Gasteiger charge is -2.15. The van der Waals surface area contributed by atoms with Gasteiger partial charge in [0.1, 0.15) is 23.1 Å². The largest absolute Gasteiger partial charge is 0.450 e. The van der Waals surface area contributed by atoms with Crippen molar-refractivity contribution >= 4 is 55.4 Å². The van der Waals surface area contributed by atoms with Crippen LogP contribution in [0, 0.1) is 32.2 Å². The van der Waals surface area contributed by atoms with Crippen LogP contribution in [-0.4, -0.2) is 19.1 Å². The Morgan fingerprint density at radius 2 is 1.79 bits per heavy atom. The van der Waals surface area contributed by atoms with Crippen LogP contribution in [0.4, 0.5) is 31.5 Å². The van der Waals surface area contributed by atoms with E-state index in [0.29, 0.717) is 9.13 Å².